The zero-order chi connectivity index (χ0) is 15.7. The van der Waals surface area contributed by atoms with Crippen LogP contribution in [0.3, 0.4) is 0 Å². The van der Waals surface area contributed by atoms with E-state index in [1.807, 2.05) is 6.92 Å². The molecule has 2 N–H and O–H groups in total. The highest BCUT2D eigenvalue weighted by atomic mass is 16.2. The number of nitrogens with zero attached hydrogens (tertiary/aromatic N) is 2. The van der Waals surface area contributed by atoms with Crippen LogP contribution in [0.4, 0.5) is 0 Å². The molecule has 1 fully saturated rings. The number of unbranched alkanes of at least 4 members (excludes halogenated alkanes) is 1. The molecule has 0 spiro atoms. The molecule has 0 aromatic carbocycles. The fourth-order valence-electron chi connectivity index (χ4n) is 3.16. The molecule has 0 aromatic rings. The standard InChI is InChI=1S/C17H35N3O/c1-4-5-11-19(3)14-16-8-12-20(13-9-16)17(21)15(2)7-6-10-18/h15-16H,4-14,18H2,1-3H3. The van der Waals surface area contributed by atoms with E-state index in [0.29, 0.717) is 12.5 Å². The van der Waals surface area contributed by atoms with E-state index in [2.05, 4.69) is 23.8 Å². The topological polar surface area (TPSA) is 49.6 Å². The third kappa shape index (κ3) is 6.79. The van der Waals surface area contributed by atoms with Gasteiger partial charge in [-0.3, -0.25) is 4.79 Å². The lowest BCUT2D eigenvalue weighted by atomic mass is 9.94. The number of piperidine rings is 1. The van der Waals surface area contributed by atoms with Crippen molar-refractivity contribution in [3.63, 3.8) is 0 Å². The smallest absolute Gasteiger partial charge is 0.225 e. The molecule has 1 saturated heterocycles. The maximum Gasteiger partial charge on any atom is 0.225 e. The molecule has 21 heavy (non-hydrogen) atoms. The molecule has 4 nitrogen and oxygen atoms in total. The van der Waals surface area contributed by atoms with Crippen molar-refractivity contribution in [2.75, 3.05) is 39.8 Å². The van der Waals surface area contributed by atoms with Crippen molar-refractivity contribution in [2.24, 2.45) is 17.6 Å². The highest BCUT2D eigenvalue weighted by Gasteiger charge is 2.26. The quantitative estimate of drug-likeness (QED) is 0.710. The normalized spacial score (nSPS) is 18.2. The molecular weight excluding hydrogens is 262 g/mol. The van der Waals surface area contributed by atoms with Crippen molar-refractivity contribution in [1.82, 2.24) is 9.80 Å². The second kappa shape index (κ2) is 10.2. The first-order valence-corrected chi connectivity index (χ1v) is 8.75. The molecule has 0 radical (unpaired) electrons. The van der Waals surface area contributed by atoms with Crippen molar-refractivity contribution in [3.8, 4) is 0 Å². The van der Waals surface area contributed by atoms with Crippen LogP contribution in [0.25, 0.3) is 0 Å². The molecule has 1 aliphatic heterocycles. The van der Waals surface area contributed by atoms with E-state index < -0.39 is 0 Å². The highest BCUT2D eigenvalue weighted by Crippen LogP contribution is 2.21. The predicted octanol–water partition coefficient (Wildman–Crippen LogP) is 2.33. The summed E-state index contributed by atoms with van der Waals surface area (Å²) in [6.45, 7) is 9.24. The third-order valence-electron chi connectivity index (χ3n) is 4.65. The molecule has 1 rings (SSSR count). The first-order valence-electron chi connectivity index (χ1n) is 8.75. The Hall–Kier alpha value is -0.610. The van der Waals surface area contributed by atoms with Crippen LogP contribution in [0.5, 0.6) is 0 Å². The Bertz CT molecular complexity index is 288. The van der Waals surface area contributed by atoms with Crippen molar-refractivity contribution in [1.29, 1.82) is 0 Å². The van der Waals surface area contributed by atoms with E-state index in [-0.39, 0.29) is 5.92 Å². The maximum atomic E-state index is 12.3. The lowest BCUT2D eigenvalue weighted by molar-refractivity contribution is -0.136. The van der Waals surface area contributed by atoms with Gasteiger partial charge in [-0.05, 0) is 58.2 Å². The van der Waals surface area contributed by atoms with E-state index in [0.717, 1.165) is 44.7 Å². The minimum Gasteiger partial charge on any atom is -0.342 e. The molecule has 1 aliphatic rings. The Kier molecular flexibility index (Phi) is 8.93. The SMILES string of the molecule is CCCCN(C)CC1CCN(C(=O)C(C)CCCN)CC1. The van der Waals surface area contributed by atoms with Gasteiger partial charge in [0, 0.05) is 25.6 Å². The van der Waals surface area contributed by atoms with Crippen LogP contribution in [0.1, 0.15) is 52.4 Å². The molecule has 0 saturated carbocycles. The largest absolute Gasteiger partial charge is 0.342 e. The first-order chi connectivity index (χ1) is 10.1. The number of amides is 1. The third-order valence-corrected chi connectivity index (χ3v) is 4.65. The van der Waals surface area contributed by atoms with Crippen molar-refractivity contribution in [3.05, 3.63) is 0 Å². The number of carbonyl (C=O) groups excluding carboxylic acids is 1. The molecule has 1 amide bonds. The monoisotopic (exact) mass is 297 g/mol. The molecule has 1 atom stereocenters. The number of rotatable bonds is 9. The second-order valence-corrected chi connectivity index (χ2v) is 6.72. The van der Waals surface area contributed by atoms with E-state index in [4.69, 9.17) is 5.73 Å². The Morgan fingerprint density at radius 2 is 2.00 bits per heavy atom. The van der Waals surface area contributed by atoms with Gasteiger partial charge in [0.15, 0.2) is 0 Å². The maximum absolute atomic E-state index is 12.3. The fourth-order valence-corrected chi connectivity index (χ4v) is 3.16. The van der Waals surface area contributed by atoms with Crippen LogP contribution in [0.2, 0.25) is 0 Å². The Balaban J connectivity index is 2.26. The van der Waals surface area contributed by atoms with Gasteiger partial charge < -0.3 is 15.5 Å². The van der Waals surface area contributed by atoms with Crippen LogP contribution in [0.15, 0.2) is 0 Å². The van der Waals surface area contributed by atoms with Crippen molar-refractivity contribution in [2.45, 2.75) is 52.4 Å². The van der Waals surface area contributed by atoms with Crippen LogP contribution >= 0.6 is 0 Å². The van der Waals surface area contributed by atoms with E-state index in [9.17, 15) is 4.79 Å². The number of likely N-dealkylation sites (tertiary alicyclic amines) is 1. The minimum atomic E-state index is 0.136. The number of hydrogen-bond acceptors (Lipinski definition) is 3. The van der Waals surface area contributed by atoms with Crippen LogP contribution in [0, 0.1) is 11.8 Å². The first kappa shape index (κ1) is 18.4. The molecule has 0 aliphatic carbocycles. The average molecular weight is 297 g/mol. The summed E-state index contributed by atoms with van der Waals surface area (Å²) in [6, 6.07) is 0. The molecule has 0 aromatic heterocycles. The van der Waals surface area contributed by atoms with Crippen LogP contribution in [-0.2, 0) is 4.79 Å². The molecule has 1 unspecified atom stereocenters. The molecule has 4 heteroatoms. The Labute approximate surface area is 131 Å². The van der Waals surface area contributed by atoms with Crippen molar-refractivity contribution < 1.29 is 4.79 Å². The average Bonchev–Trinajstić information content (AvgIpc) is 2.50. The Morgan fingerprint density at radius 1 is 1.33 bits per heavy atom. The number of carbonyl (C=O) groups is 1. The van der Waals surface area contributed by atoms with Gasteiger partial charge in [-0.15, -0.1) is 0 Å². The zero-order valence-corrected chi connectivity index (χ0v) is 14.3. The van der Waals surface area contributed by atoms with Gasteiger partial charge >= 0.3 is 0 Å². The van der Waals surface area contributed by atoms with Crippen LogP contribution < -0.4 is 5.73 Å². The lowest BCUT2D eigenvalue weighted by Gasteiger charge is -2.35. The van der Waals surface area contributed by atoms with Gasteiger partial charge in [-0.1, -0.05) is 20.3 Å². The summed E-state index contributed by atoms with van der Waals surface area (Å²) in [6.07, 6.45) is 6.74. The summed E-state index contributed by atoms with van der Waals surface area (Å²) < 4.78 is 0. The summed E-state index contributed by atoms with van der Waals surface area (Å²) in [7, 11) is 2.22. The summed E-state index contributed by atoms with van der Waals surface area (Å²) in [4.78, 5) is 16.9. The number of hydrogen-bond donors (Lipinski definition) is 1. The minimum absolute atomic E-state index is 0.136. The van der Waals surface area contributed by atoms with Gasteiger partial charge in [0.2, 0.25) is 5.91 Å². The van der Waals surface area contributed by atoms with Crippen molar-refractivity contribution >= 4 is 5.91 Å². The molecule has 124 valence electrons. The van der Waals surface area contributed by atoms with E-state index >= 15 is 0 Å². The van der Waals surface area contributed by atoms with Gasteiger partial charge in [0.1, 0.15) is 0 Å². The lowest BCUT2D eigenvalue weighted by Crippen LogP contribution is -2.43. The Morgan fingerprint density at radius 3 is 2.57 bits per heavy atom. The summed E-state index contributed by atoms with van der Waals surface area (Å²) in [5, 5.41) is 0. The summed E-state index contributed by atoms with van der Waals surface area (Å²) >= 11 is 0. The number of nitrogens with two attached hydrogens (primary N) is 1. The summed E-state index contributed by atoms with van der Waals surface area (Å²) in [5.74, 6) is 1.23. The predicted molar refractivity (Wildman–Crippen MR) is 89.2 cm³/mol. The zero-order valence-electron chi connectivity index (χ0n) is 14.3. The molecular formula is C17H35N3O. The summed E-state index contributed by atoms with van der Waals surface area (Å²) in [5.41, 5.74) is 5.53. The van der Waals surface area contributed by atoms with Gasteiger partial charge in [-0.2, -0.15) is 0 Å². The molecule has 0 bridgehead atoms. The van der Waals surface area contributed by atoms with Gasteiger partial charge in [0.05, 0.1) is 0 Å². The highest BCUT2D eigenvalue weighted by molar-refractivity contribution is 5.78. The fraction of sp³-hybridized carbons (Fsp3) is 0.941. The second-order valence-electron chi connectivity index (χ2n) is 6.72. The van der Waals surface area contributed by atoms with Gasteiger partial charge in [-0.25, -0.2) is 0 Å². The molecule has 1 heterocycles. The van der Waals surface area contributed by atoms with Crippen LogP contribution in [-0.4, -0.2) is 55.5 Å². The van der Waals surface area contributed by atoms with E-state index in [1.54, 1.807) is 0 Å². The van der Waals surface area contributed by atoms with E-state index in [1.165, 1.54) is 25.9 Å². The van der Waals surface area contributed by atoms with Gasteiger partial charge in [0.25, 0.3) is 0 Å².